The normalized spacial score (nSPS) is 10.1. The Labute approximate surface area is 154 Å². The Morgan fingerprint density at radius 1 is 0.704 bits per heavy atom. The lowest BCUT2D eigenvalue weighted by Crippen LogP contribution is -2.19. The average Bonchev–Trinajstić information content (AvgIpc) is 2.65. The maximum absolute atomic E-state index is 13.6. The molecule has 7 heteroatoms. The van der Waals surface area contributed by atoms with Gasteiger partial charge < -0.3 is 16.0 Å². The molecule has 0 fully saturated rings. The molecule has 0 spiro atoms. The summed E-state index contributed by atoms with van der Waals surface area (Å²) in [5, 5.41) is 7.67. The van der Waals surface area contributed by atoms with Crippen LogP contribution in [0.25, 0.3) is 0 Å². The molecule has 3 amide bonds. The number of amides is 3. The fourth-order valence-electron chi connectivity index (χ4n) is 2.31. The van der Waals surface area contributed by atoms with Gasteiger partial charge in [0, 0.05) is 23.0 Å². The zero-order valence-electron chi connectivity index (χ0n) is 14.0. The SMILES string of the molecule is O=C(Nc1ccccc1)Nc1ccc(C(=O)Nc2ccc(F)cc2F)cc1. The predicted molar refractivity (Wildman–Crippen MR) is 99.8 cm³/mol. The highest BCUT2D eigenvalue weighted by atomic mass is 19.1. The van der Waals surface area contributed by atoms with Gasteiger partial charge in [-0.15, -0.1) is 0 Å². The number of urea groups is 1. The molecular weight excluding hydrogens is 352 g/mol. The second kappa shape index (κ2) is 8.09. The summed E-state index contributed by atoms with van der Waals surface area (Å²) in [6.45, 7) is 0. The molecule has 0 aliphatic rings. The molecule has 3 N–H and O–H groups in total. The number of rotatable bonds is 4. The molecule has 0 saturated heterocycles. The van der Waals surface area contributed by atoms with Crippen molar-refractivity contribution >= 4 is 29.0 Å². The van der Waals surface area contributed by atoms with Crippen LogP contribution in [0, 0.1) is 11.6 Å². The molecule has 0 unspecified atom stereocenters. The third-order valence-corrected chi connectivity index (χ3v) is 3.62. The van der Waals surface area contributed by atoms with E-state index in [4.69, 9.17) is 0 Å². The van der Waals surface area contributed by atoms with E-state index in [1.165, 1.54) is 12.1 Å². The molecule has 5 nitrogen and oxygen atoms in total. The monoisotopic (exact) mass is 367 g/mol. The smallest absolute Gasteiger partial charge is 0.319 e. The zero-order valence-corrected chi connectivity index (χ0v) is 14.0. The molecule has 0 bridgehead atoms. The summed E-state index contributed by atoms with van der Waals surface area (Å²) in [5.41, 5.74) is 1.26. The molecular formula is C20H15F2N3O2. The molecule has 27 heavy (non-hydrogen) atoms. The van der Waals surface area contributed by atoms with Crippen LogP contribution in [0.4, 0.5) is 30.6 Å². The van der Waals surface area contributed by atoms with E-state index in [0.29, 0.717) is 17.4 Å². The van der Waals surface area contributed by atoms with Crippen molar-refractivity contribution in [2.75, 3.05) is 16.0 Å². The van der Waals surface area contributed by atoms with Crippen LogP contribution in [-0.2, 0) is 0 Å². The van der Waals surface area contributed by atoms with Crippen molar-refractivity contribution < 1.29 is 18.4 Å². The van der Waals surface area contributed by atoms with Crippen LogP contribution in [0.2, 0.25) is 0 Å². The van der Waals surface area contributed by atoms with E-state index in [9.17, 15) is 18.4 Å². The van der Waals surface area contributed by atoms with Gasteiger partial charge in [0.2, 0.25) is 0 Å². The Morgan fingerprint density at radius 2 is 1.33 bits per heavy atom. The lowest BCUT2D eigenvalue weighted by atomic mass is 10.2. The molecule has 0 heterocycles. The minimum Gasteiger partial charge on any atom is -0.319 e. The van der Waals surface area contributed by atoms with Gasteiger partial charge in [0.1, 0.15) is 11.6 Å². The number of carbonyl (C=O) groups is 2. The number of para-hydroxylation sites is 1. The van der Waals surface area contributed by atoms with Gasteiger partial charge in [0.15, 0.2) is 0 Å². The molecule has 0 atom stereocenters. The largest absolute Gasteiger partial charge is 0.323 e. The Kier molecular flexibility index (Phi) is 5.41. The molecule has 3 aromatic rings. The van der Waals surface area contributed by atoms with Crippen LogP contribution in [0.1, 0.15) is 10.4 Å². The molecule has 0 saturated carbocycles. The first-order chi connectivity index (χ1) is 13.0. The fraction of sp³-hybridized carbons (Fsp3) is 0. The number of carbonyl (C=O) groups excluding carboxylic acids is 2. The van der Waals surface area contributed by atoms with Gasteiger partial charge in [-0.1, -0.05) is 18.2 Å². The summed E-state index contributed by atoms with van der Waals surface area (Å²) in [7, 11) is 0. The first kappa shape index (κ1) is 18.1. The van der Waals surface area contributed by atoms with Crippen LogP contribution in [0.3, 0.4) is 0 Å². The summed E-state index contributed by atoms with van der Waals surface area (Å²) < 4.78 is 26.5. The molecule has 3 rings (SSSR count). The third kappa shape index (κ3) is 4.88. The highest BCUT2D eigenvalue weighted by molar-refractivity contribution is 6.05. The van der Waals surface area contributed by atoms with E-state index in [-0.39, 0.29) is 11.3 Å². The molecule has 0 radical (unpaired) electrons. The van der Waals surface area contributed by atoms with Crippen LogP contribution in [0.5, 0.6) is 0 Å². The topological polar surface area (TPSA) is 70.2 Å². The third-order valence-electron chi connectivity index (χ3n) is 3.62. The van der Waals surface area contributed by atoms with Crippen molar-refractivity contribution in [1.29, 1.82) is 0 Å². The van der Waals surface area contributed by atoms with Gasteiger partial charge >= 0.3 is 6.03 Å². The van der Waals surface area contributed by atoms with Gasteiger partial charge in [0.05, 0.1) is 5.69 Å². The van der Waals surface area contributed by atoms with Gasteiger partial charge in [-0.25, -0.2) is 13.6 Å². The number of benzene rings is 3. The maximum atomic E-state index is 13.6. The summed E-state index contributed by atoms with van der Waals surface area (Å²) in [5.74, 6) is -2.14. The number of nitrogens with one attached hydrogen (secondary N) is 3. The van der Waals surface area contributed by atoms with Crippen LogP contribution in [0.15, 0.2) is 72.8 Å². The van der Waals surface area contributed by atoms with Crippen molar-refractivity contribution in [3.63, 3.8) is 0 Å². The maximum Gasteiger partial charge on any atom is 0.323 e. The molecule has 0 aliphatic carbocycles. The summed E-state index contributed by atoms with van der Waals surface area (Å²) >= 11 is 0. The second-order valence-corrected chi connectivity index (χ2v) is 5.60. The Balaban J connectivity index is 1.61. The summed E-state index contributed by atoms with van der Waals surface area (Å²) in [6.07, 6.45) is 0. The van der Waals surface area contributed by atoms with E-state index in [0.717, 1.165) is 12.1 Å². The standard InChI is InChI=1S/C20H15F2N3O2/c21-14-8-11-18(17(22)12-14)25-19(26)13-6-9-16(10-7-13)24-20(27)23-15-4-2-1-3-5-15/h1-12H,(H,25,26)(H2,23,24,27). The lowest BCUT2D eigenvalue weighted by Gasteiger charge is -2.09. The van der Waals surface area contributed by atoms with E-state index in [1.54, 1.807) is 36.4 Å². The minimum atomic E-state index is -0.862. The van der Waals surface area contributed by atoms with E-state index in [2.05, 4.69) is 16.0 Å². The number of hydrogen-bond donors (Lipinski definition) is 3. The van der Waals surface area contributed by atoms with Gasteiger partial charge in [0.25, 0.3) is 5.91 Å². The molecule has 0 aliphatic heterocycles. The Hall–Kier alpha value is -3.74. The molecule has 3 aromatic carbocycles. The zero-order chi connectivity index (χ0) is 19.2. The van der Waals surface area contributed by atoms with Gasteiger partial charge in [-0.2, -0.15) is 0 Å². The Morgan fingerprint density at radius 3 is 1.96 bits per heavy atom. The van der Waals surface area contributed by atoms with Crippen molar-refractivity contribution in [2.24, 2.45) is 0 Å². The van der Waals surface area contributed by atoms with Crippen molar-refractivity contribution in [3.8, 4) is 0 Å². The van der Waals surface area contributed by atoms with Crippen molar-refractivity contribution in [2.45, 2.75) is 0 Å². The van der Waals surface area contributed by atoms with Crippen molar-refractivity contribution in [3.05, 3.63) is 90.0 Å². The first-order valence-electron chi connectivity index (χ1n) is 8.01. The van der Waals surface area contributed by atoms with Crippen LogP contribution >= 0.6 is 0 Å². The molecule has 0 aromatic heterocycles. The Bertz CT molecular complexity index is 961. The highest BCUT2D eigenvalue weighted by Gasteiger charge is 2.10. The van der Waals surface area contributed by atoms with Crippen LogP contribution in [-0.4, -0.2) is 11.9 Å². The molecule has 136 valence electrons. The first-order valence-corrected chi connectivity index (χ1v) is 8.01. The van der Waals surface area contributed by atoms with E-state index < -0.39 is 23.6 Å². The fourth-order valence-corrected chi connectivity index (χ4v) is 2.31. The minimum absolute atomic E-state index is 0.120. The average molecular weight is 367 g/mol. The van der Waals surface area contributed by atoms with E-state index in [1.807, 2.05) is 6.07 Å². The number of hydrogen-bond acceptors (Lipinski definition) is 2. The lowest BCUT2D eigenvalue weighted by molar-refractivity contribution is 0.102. The summed E-state index contributed by atoms with van der Waals surface area (Å²) in [6, 6.07) is 17.4. The van der Waals surface area contributed by atoms with Crippen molar-refractivity contribution in [1.82, 2.24) is 0 Å². The van der Waals surface area contributed by atoms with Gasteiger partial charge in [-0.05, 0) is 48.5 Å². The van der Waals surface area contributed by atoms with Crippen LogP contribution < -0.4 is 16.0 Å². The predicted octanol–water partition coefficient (Wildman–Crippen LogP) is 4.86. The summed E-state index contributed by atoms with van der Waals surface area (Å²) in [4.78, 5) is 24.1. The highest BCUT2D eigenvalue weighted by Crippen LogP contribution is 2.17. The van der Waals surface area contributed by atoms with Gasteiger partial charge in [-0.3, -0.25) is 4.79 Å². The number of anilines is 3. The van der Waals surface area contributed by atoms with E-state index >= 15 is 0 Å². The second-order valence-electron chi connectivity index (χ2n) is 5.60. The quantitative estimate of drug-likeness (QED) is 0.616. The number of halogens is 2.